The summed E-state index contributed by atoms with van der Waals surface area (Å²) in [4.78, 5) is 12.5. The Bertz CT molecular complexity index is 1210. The van der Waals surface area contributed by atoms with E-state index in [1.54, 1.807) is 42.1 Å². The fraction of sp³-hybridized carbons (Fsp3) is 0.136. The van der Waals surface area contributed by atoms with Crippen LogP contribution in [0.4, 0.5) is 5.69 Å². The molecular weight excluding hydrogens is 511 g/mol. The van der Waals surface area contributed by atoms with Gasteiger partial charge < -0.3 is 5.32 Å². The Balaban J connectivity index is 1.51. The molecule has 0 heterocycles. The summed E-state index contributed by atoms with van der Waals surface area (Å²) >= 11 is 19.9. The van der Waals surface area contributed by atoms with Crippen LogP contribution in [0.15, 0.2) is 71.6 Å². The first kappa shape index (κ1) is 24.7. The minimum atomic E-state index is -3.77. The summed E-state index contributed by atoms with van der Waals surface area (Å²) in [5, 5.41) is 4.16. The van der Waals surface area contributed by atoms with Crippen LogP contribution in [0.3, 0.4) is 0 Å². The highest BCUT2D eigenvalue weighted by molar-refractivity contribution is 7.98. The van der Waals surface area contributed by atoms with E-state index >= 15 is 0 Å². The van der Waals surface area contributed by atoms with Crippen molar-refractivity contribution in [2.45, 2.75) is 10.6 Å². The number of benzene rings is 3. The highest BCUT2D eigenvalue weighted by atomic mass is 35.5. The number of hydrogen-bond acceptors (Lipinski definition) is 4. The van der Waals surface area contributed by atoms with E-state index in [2.05, 4.69) is 10.0 Å². The zero-order chi connectivity index (χ0) is 23.1. The molecule has 0 radical (unpaired) electrons. The van der Waals surface area contributed by atoms with E-state index in [1.165, 1.54) is 30.3 Å². The second kappa shape index (κ2) is 11.3. The molecule has 0 saturated heterocycles. The van der Waals surface area contributed by atoms with Gasteiger partial charge in [-0.25, -0.2) is 8.42 Å². The summed E-state index contributed by atoms with van der Waals surface area (Å²) in [5.41, 5.74) is 1.51. The van der Waals surface area contributed by atoms with Crippen molar-refractivity contribution < 1.29 is 13.2 Å². The van der Waals surface area contributed by atoms with Gasteiger partial charge in [0, 0.05) is 33.7 Å². The molecule has 0 aliphatic heterocycles. The number of nitrogens with one attached hydrogen (secondary N) is 2. The highest BCUT2D eigenvalue weighted by Crippen LogP contribution is 2.26. The van der Waals surface area contributed by atoms with Crippen molar-refractivity contribution in [1.82, 2.24) is 5.32 Å². The topological polar surface area (TPSA) is 75.3 Å². The number of halogens is 3. The average Bonchev–Trinajstić information content (AvgIpc) is 2.76. The third-order valence-electron chi connectivity index (χ3n) is 4.33. The summed E-state index contributed by atoms with van der Waals surface area (Å²) in [5.74, 6) is 1.09. The van der Waals surface area contributed by atoms with Crippen LogP contribution in [0.1, 0.15) is 15.9 Å². The van der Waals surface area contributed by atoms with Crippen LogP contribution in [0.2, 0.25) is 15.1 Å². The molecule has 0 fully saturated rings. The smallest absolute Gasteiger partial charge is 0.261 e. The summed E-state index contributed by atoms with van der Waals surface area (Å²) < 4.78 is 27.3. The molecule has 3 rings (SSSR count). The molecule has 0 aromatic heterocycles. The molecular formula is C22H19Cl3N2O3S2. The van der Waals surface area contributed by atoms with Gasteiger partial charge in [0.2, 0.25) is 0 Å². The van der Waals surface area contributed by atoms with Gasteiger partial charge >= 0.3 is 0 Å². The summed E-state index contributed by atoms with van der Waals surface area (Å²) in [6.07, 6.45) is 0. The van der Waals surface area contributed by atoms with Gasteiger partial charge in [0.25, 0.3) is 15.9 Å². The minimum absolute atomic E-state index is 0.121. The molecule has 0 spiro atoms. The van der Waals surface area contributed by atoms with Gasteiger partial charge in [0.15, 0.2) is 0 Å². The van der Waals surface area contributed by atoms with E-state index in [4.69, 9.17) is 34.8 Å². The van der Waals surface area contributed by atoms with E-state index < -0.39 is 10.0 Å². The SMILES string of the molecule is O=C(NCCSCc1ccc(Cl)cc1Cl)c1ccc(NS(=O)(=O)c2ccccc2)c(Cl)c1. The van der Waals surface area contributed by atoms with Crippen LogP contribution < -0.4 is 10.0 Å². The fourth-order valence-corrected chi connectivity index (χ4v) is 5.50. The lowest BCUT2D eigenvalue weighted by molar-refractivity contribution is 0.0956. The molecule has 168 valence electrons. The van der Waals surface area contributed by atoms with Crippen LogP contribution >= 0.6 is 46.6 Å². The second-order valence-electron chi connectivity index (χ2n) is 6.66. The Morgan fingerprint density at radius 1 is 0.906 bits per heavy atom. The third-order valence-corrected chi connectivity index (χ3v) is 7.62. The van der Waals surface area contributed by atoms with Crippen molar-refractivity contribution in [3.05, 3.63) is 92.9 Å². The molecule has 5 nitrogen and oxygen atoms in total. The molecule has 2 N–H and O–H groups in total. The molecule has 10 heteroatoms. The first-order chi connectivity index (χ1) is 15.3. The summed E-state index contributed by atoms with van der Waals surface area (Å²) in [7, 11) is -3.77. The van der Waals surface area contributed by atoms with Gasteiger partial charge in [-0.05, 0) is 48.0 Å². The highest BCUT2D eigenvalue weighted by Gasteiger charge is 2.16. The Hall–Kier alpha value is -1.90. The summed E-state index contributed by atoms with van der Waals surface area (Å²) in [6.45, 7) is 0.453. The quantitative estimate of drug-likeness (QED) is 0.328. The average molecular weight is 530 g/mol. The fourth-order valence-electron chi connectivity index (χ4n) is 2.70. The van der Waals surface area contributed by atoms with Gasteiger partial charge in [0.05, 0.1) is 15.6 Å². The van der Waals surface area contributed by atoms with Crippen LogP contribution in [0.5, 0.6) is 0 Å². The molecule has 1 amide bonds. The Labute approximate surface area is 206 Å². The van der Waals surface area contributed by atoms with E-state index in [1.807, 2.05) is 6.07 Å². The molecule has 0 aliphatic rings. The lowest BCUT2D eigenvalue weighted by Crippen LogP contribution is -2.25. The van der Waals surface area contributed by atoms with Crippen molar-refractivity contribution in [3.63, 3.8) is 0 Å². The van der Waals surface area contributed by atoms with Crippen LogP contribution in [-0.4, -0.2) is 26.6 Å². The molecule has 32 heavy (non-hydrogen) atoms. The van der Waals surface area contributed by atoms with Gasteiger partial charge in [-0.15, -0.1) is 0 Å². The van der Waals surface area contributed by atoms with Crippen molar-refractivity contribution in [3.8, 4) is 0 Å². The van der Waals surface area contributed by atoms with Crippen molar-refractivity contribution in [1.29, 1.82) is 0 Å². The monoisotopic (exact) mass is 528 g/mol. The minimum Gasteiger partial charge on any atom is -0.351 e. The van der Waals surface area contributed by atoms with Crippen LogP contribution in [0, 0.1) is 0 Å². The number of sulfonamides is 1. The van der Waals surface area contributed by atoms with Gasteiger partial charge in [-0.3, -0.25) is 9.52 Å². The lowest BCUT2D eigenvalue weighted by atomic mass is 10.2. The predicted octanol–water partition coefficient (Wildman–Crippen LogP) is 6.11. The standard InChI is InChI=1S/C22H19Cl3N2O3S2/c23-17-8-6-16(19(24)13-17)14-31-11-10-26-22(28)15-7-9-21(20(25)12-15)27-32(29,30)18-4-2-1-3-5-18/h1-9,12-13,27H,10-11,14H2,(H,26,28). The van der Waals surface area contributed by atoms with Crippen molar-refractivity contribution in [2.75, 3.05) is 17.0 Å². The number of anilines is 1. The molecule has 0 unspecified atom stereocenters. The maximum absolute atomic E-state index is 12.4. The Morgan fingerprint density at radius 2 is 1.66 bits per heavy atom. The van der Waals surface area contributed by atoms with Crippen LogP contribution in [-0.2, 0) is 15.8 Å². The largest absolute Gasteiger partial charge is 0.351 e. The number of carbonyl (C=O) groups is 1. The second-order valence-corrected chi connectivity index (χ2v) is 10.7. The zero-order valence-corrected chi connectivity index (χ0v) is 20.5. The molecule has 0 saturated carbocycles. The van der Waals surface area contributed by atoms with E-state index in [0.29, 0.717) is 33.7 Å². The maximum atomic E-state index is 12.4. The van der Waals surface area contributed by atoms with E-state index in [0.717, 1.165) is 5.56 Å². The molecule has 0 atom stereocenters. The Kier molecular flexibility index (Phi) is 8.73. The van der Waals surface area contributed by atoms with Crippen molar-refractivity contribution in [2.24, 2.45) is 0 Å². The molecule has 0 bridgehead atoms. The number of amides is 1. The first-order valence-electron chi connectivity index (χ1n) is 9.43. The maximum Gasteiger partial charge on any atom is 0.261 e. The van der Waals surface area contributed by atoms with Crippen LogP contribution in [0.25, 0.3) is 0 Å². The Morgan fingerprint density at radius 3 is 2.34 bits per heavy atom. The van der Waals surface area contributed by atoms with E-state index in [9.17, 15) is 13.2 Å². The van der Waals surface area contributed by atoms with Gasteiger partial charge in [-0.2, -0.15) is 11.8 Å². The zero-order valence-electron chi connectivity index (χ0n) is 16.6. The normalized spacial score (nSPS) is 11.2. The molecule has 3 aromatic rings. The van der Waals surface area contributed by atoms with E-state index in [-0.39, 0.29) is 21.5 Å². The number of thioether (sulfide) groups is 1. The number of rotatable bonds is 9. The number of carbonyl (C=O) groups excluding carboxylic acids is 1. The molecule has 3 aromatic carbocycles. The van der Waals surface area contributed by atoms with Gasteiger partial charge in [0.1, 0.15) is 0 Å². The number of hydrogen-bond donors (Lipinski definition) is 2. The molecule has 0 aliphatic carbocycles. The summed E-state index contributed by atoms with van der Waals surface area (Å²) in [6, 6.07) is 17.7. The third kappa shape index (κ3) is 6.80. The van der Waals surface area contributed by atoms with Crippen molar-refractivity contribution >= 4 is 68.2 Å². The first-order valence-corrected chi connectivity index (χ1v) is 13.2. The predicted molar refractivity (Wildman–Crippen MR) is 134 cm³/mol. The van der Waals surface area contributed by atoms with Gasteiger partial charge in [-0.1, -0.05) is 59.1 Å². The lowest BCUT2D eigenvalue weighted by Gasteiger charge is -2.11.